The van der Waals surface area contributed by atoms with E-state index in [2.05, 4.69) is 10.3 Å². The van der Waals surface area contributed by atoms with Gasteiger partial charge in [0.2, 0.25) is 0 Å². The summed E-state index contributed by atoms with van der Waals surface area (Å²) in [5.74, 6) is -0.452. The average molecular weight is 299 g/mol. The smallest absolute Gasteiger partial charge is 0.354 e. The Morgan fingerprint density at radius 3 is 2.10 bits per heavy atom. The predicted octanol–water partition coefficient (Wildman–Crippen LogP) is 2.53. The molecule has 0 aliphatic carbocycles. The molecule has 9 heteroatoms. The van der Waals surface area contributed by atoms with Crippen LogP contribution in [-0.2, 0) is 12.4 Å². The first kappa shape index (κ1) is 14.9. The number of hydrogen-bond acceptors (Lipinski definition) is 3. The first-order valence-electron chi connectivity index (χ1n) is 5.79. The van der Waals surface area contributed by atoms with Crippen molar-refractivity contribution in [1.29, 1.82) is 0 Å². The van der Waals surface area contributed by atoms with Crippen LogP contribution >= 0.6 is 0 Å². The lowest BCUT2D eigenvalue weighted by atomic mass is 10.1. The molecule has 1 N–H and O–H groups in total. The van der Waals surface area contributed by atoms with Crippen molar-refractivity contribution in [3.8, 4) is 0 Å². The fourth-order valence-corrected chi connectivity index (χ4v) is 1.95. The predicted molar refractivity (Wildman–Crippen MR) is 59.3 cm³/mol. The van der Waals surface area contributed by atoms with Crippen molar-refractivity contribution in [3.63, 3.8) is 0 Å². The maximum Gasteiger partial charge on any atom is 0.419 e. The summed E-state index contributed by atoms with van der Waals surface area (Å²) in [6.45, 7) is 1.45. The first-order chi connectivity index (χ1) is 9.19. The van der Waals surface area contributed by atoms with Crippen LogP contribution in [0.1, 0.15) is 11.1 Å². The van der Waals surface area contributed by atoms with Gasteiger partial charge in [0.05, 0.1) is 11.1 Å². The number of pyridine rings is 1. The van der Waals surface area contributed by atoms with E-state index in [0.29, 0.717) is 19.3 Å². The van der Waals surface area contributed by atoms with Gasteiger partial charge in [-0.3, -0.25) is 0 Å². The second kappa shape index (κ2) is 5.12. The molecule has 1 saturated heterocycles. The Hall–Kier alpha value is -1.51. The Kier molecular flexibility index (Phi) is 3.81. The summed E-state index contributed by atoms with van der Waals surface area (Å²) in [7, 11) is 0. The lowest BCUT2D eigenvalue weighted by Crippen LogP contribution is -2.44. The zero-order chi connectivity index (χ0) is 15.0. The van der Waals surface area contributed by atoms with Crippen LogP contribution in [0.5, 0.6) is 0 Å². The molecular weight excluding hydrogens is 288 g/mol. The highest BCUT2D eigenvalue weighted by molar-refractivity contribution is 5.50. The van der Waals surface area contributed by atoms with Gasteiger partial charge in [-0.1, -0.05) is 0 Å². The standard InChI is InChI=1S/C11H11F6N3/c12-10(13,14)7-5-8(11(15,16)17)9(19-6-7)20-3-1-18-2-4-20/h5-6,18H,1-4H2. The topological polar surface area (TPSA) is 28.2 Å². The number of nitrogens with one attached hydrogen (secondary N) is 1. The van der Waals surface area contributed by atoms with E-state index in [0.717, 1.165) is 0 Å². The molecule has 1 fully saturated rings. The molecule has 0 aromatic carbocycles. The Labute approximate surface area is 110 Å². The number of piperazine rings is 1. The van der Waals surface area contributed by atoms with E-state index in [1.54, 1.807) is 0 Å². The second-order valence-electron chi connectivity index (χ2n) is 4.33. The maximum atomic E-state index is 12.9. The van der Waals surface area contributed by atoms with Gasteiger partial charge in [-0.15, -0.1) is 0 Å². The summed E-state index contributed by atoms with van der Waals surface area (Å²) in [6.07, 6.45) is -9.30. The quantitative estimate of drug-likeness (QED) is 0.808. The third kappa shape index (κ3) is 3.14. The van der Waals surface area contributed by atoms with Gasteiger partial charge >= 0.3 is 12.4 Å². The molecule has 0 atom stereocenters. The van der Waals surface area contributed by atoms with Crippen LogP contribution < -0.4 is 10.2 Å². The third-order valence-corrected chi connectivity index (χ3v) is 2.92. The SMILES string of the molecule is FC(F)(F)c1cnc(N2CCNCC2)c(C(F)(F)F)c1. The highest BCUT2D eigenvalue weighted by Gasteiger charge is 2.40. The van der Waals surface area contributed by atoms with Crippen molar-refractivity contribution < 1.29 is 26.3 Å². The molecule has 0 saturated carbocycles. The molecule has 20 heavy (non-hydrogen) atoms. The molecule has 112 valence electrons. The van der Waals surface area contributed by atoms with E-state index >= 15 is 0 Å². The number of aromatic nitrogens is 1. The van der Waals surface area contributed by atoms with Crippen LogP contribution in [0.2, 0.25) is 0 Å². The van der Waals surface area contributed by atoms with Crippen LogP contribution in [-0.4, -0.2) is 31.2 Å². The Balaban J connectivity index is 2.45. The van der Waals surface area contributed by atoms with E-state index in [4.69, 9.17) is 0 Å². The minimum Gasteiger partial charge on any atom is -0.354 e. The van der Waals surface area contributed by atoms with Gasteiger partial charge in [-0.25, -0.2) is 4.98 Å². The summed E-state index contributed by atoms with van der Waals surface area (Å²) in [5.41, 5.74) is -2.75. The Morgan fingerprint density at radius 1 is 1.00 bits per heavy atom. The highest BCUT2D eigenvalue weighted by Crippen LogP contribution is 2.39. The third-order valence-electron chi connectivity index (χ3n) is 2.92. The zero-order valence-electron chi connectivity index (χ0n) is 10.1. The lowest BCUT2D eigenvalue weighted by Gasteiger charge is -2.30. The minimum atomic E-state index is -4.88. The van der Waals surface area contributed by atoms with Crippen LogP contribution in [0.25, 0.3) is 0 Å². The normalized spacial score (nSPS) is 17.4. The van der Waals surface area contributed by atoms with Crippen molar-refractivity contribution in [2.75, 3.05) is 31.1 Å². The van der Waals surface area contributed by atoms with Gasteiger partial charge in [0.15, 0.2) is 0 Å². The molecule has 1 aliphatic heterocycles. The second-order valence-corrected chi connectivity index (χ2v) is 4.33. The number of halogens is 6. The van der Waals surface area contributed by atoms with Crippen molar-refractivity contribution >= 4 is 5.82 Å². The number of hydrogen-bond donors (Lipinski definition) is 1. The Morgan fingerprint density at radius 2 is 1.60 bits per heavy atom. The van der Waals surface area contributed by atoms with Crippen LogP contribution in [0.4, 0.5) is 32.2 Å². The number of nitrogens with zero attached hydrogens (tertiary/aromatic N) is 2. The molecule has 0 bridgehead atoms. The Bertz CT molecular complexity index is 476. The molecule has 2 rings (SSSR count). The molecule has 0 amide bonds. The zero-order valence-corrected chi connectivity index (χ0v) is 10.1. The number of alkyl halides is 6. The van der Waals surface area contributed by atoms with Crippen molar-refractivity contribution in [2.24, 2.45) is 0 Å². The van der Waals surface area contributed by atoms with Gasteiger partial charge < -0.3 is 10.2 Å². The summed E-state index contributed by atoms with van der Waals surface area (Å²) in [4.78, 5) is 4.73. The summed E-state index contributed by atoms with van der Waals surface area (Å²) >= 11 is 0. The van der Waals surface area contributed by atoms with E-state index in [1.807, 2.05) is 0 Å². The van der Waals surface area contributed by atoms with Gasteiger partial charge in [0.25, 0.3) is 0 Å². The summed E-state index contributed by atoms with van der Waals surface area (Å²) in [6, 6.07) is 0.115. The van der Waals surface area contributed by atoms with Crippen molar-refractivity contribution in [1.82, 2.24) is 10.3 Å². The molecule has 0 unspecified atom stereocenters. The fourth-order valence-electron chi connectivity index (χ4n) is 1.95. The van der Waals surface area contributed by atoms with Gasteiger partial charge in [0.1, 0.15) is 5.82 Å². The molecule has 0 radical (unpaired) electrons. The van der Waals surface area contributed by atoms with Gasteiger partial charge in [0, 0.05) is 32.4 Å². The molecule has 1 aromatic rings. The first-order valence-corrected chi connectivity index (χ1v) is 5.79. The van der Waals surface area contributed by atoms with Crippen LogP contribution in [0.15, 0.2) is 12.3 Å². The van der Waals surface area contributed by atoms with Crippen LogP contribution in [0.3, 0.4) is 0 Å². The monoisotopic (exact) mass is 299 g/mol. The average Bonchev–Trinajstić information content (AvgIpc) is 2.37. The lowest BCUT2D eigenvalue weighted by molar-refractivity contribution is -0.143. The fraction of sp³-hybridized carbons (Fsp3) is 0.545. The van der Waals surface area contributed by atoms with Crippen LogP contribution in [0, 0.1) is 0 Å². The molecule has 2 heterocycles. The molecule has 1 aromatic heterocycles. The highest BCUT2D eigenvalue weighted by atomic mass is 19.4. The molecule has 3 nitrogen and oxygen atoms in total. The van der Waals surface area contributed by atoms with Crippen molar-refractivity contribution in [2.45, 2.75) is 12.4 Å². The number of anilines is 1. The number of rotatable bonds is 1. The minimum absolute atomic E-state index is 0.115. The van der Waals surface area contributed by atoms with E-state index in [-0.39, 0.29) is 19.2 Å². The van der Waals surface area contributed by atoms with Gasteiger partial charge in [-0.05, 0) is 6.07 Å². The maximum absolute atomic E-state index is 12.9. The summed E-state index contributed by atoms with van der Waals surface area (Å²) in [5, 5.41) is 2.95. The van der Waals surface area contributed by atoms with E-state index < -0.39 is 29.3 Å². The van der Waals surface area contributed by atoms with E-state index in [1.165, 1.54) is 4.90 Å². The van der Waals surface area contributed by atoms with Crippen molar-refractivity contribution in [3.05, 3.63) is 23.4 Å². The molecule has 0 spiro atoms. The summed E-state index contributed by atoms with van der Waals surface area (Å²) < 4.78 is 76.3. The molecular formula is C11H11F6N3. The largest absolute Gasteiger partial charge is 0.419 e. The van der Waals surface area contributed by atoms with E-state index in [9.17, 15) is 26.3 Å². The van der Waals surface area contributed by atoms with Gasteiger partial charge in [-0.2, -0.15) is 26.3 Å². The molecule has 1 aliphatic rings.